The molecule has 0 aliphatic carbocycles. The third kappa shape index (κ3) is 3.11. The first kappa shape index (κ1) is 13.8. The van der Waals surface area contributed by atoms with Crippen molar-refractivity contribution in [3.05, 3.63) is 52.2 Å². The lowest BCUT2D eigenvalue weighted by Crippen LogP contribution is -2.22. The van der Waals surface area contributed by atoms with Gasteiger partial charge in [-0.1, -0.05) is 6.07 Å². The molecule has 5 nitrogen and oxygen atoms in total. The average molecular weight is 300 g/mol. The number of fused-ring (bicyclic) bond motifs is 1. The van der Waals surface area contributed by atoms with Gasteiger partial charge in [-0.05, 0) is 25.5 Å². The number of hydrogen-bond acceptors (Lipinski definition) is 4. The summed E-state index contributed by atoms with van der Waals surface area (Å²) in [5, 5.41) is 7.20. The number of carbonyl (C=O) groups excluding carboxylic acids is 1. The maximum atomic E-state index is 11.9. The molecule has 0 aliphatic heterocycles. The molecule has 1 N–H and O–H groups in total. The summed E-state index contributed by atoms with van der Waals surface area (Å²) in [6.45, 7) is 2.48. The summed E-state index contributed by atoms with van der Waals surface area (Å²) in [5.74, 6) is 0.0538. The molecule has 21 heavy (non-hydrogen) atoms. The Kier molecular flexibility index (Phi) is 3.96. The van der Waals surface area contributed by atoms with Crippen LogP contribution in [-0.2, 0) is 17.8 Å². The van der Waals surface area contributed by atoms with Gasteiger partial charge >= 0.3 is 0 Å². The van der Waals surface area contributed by atoms with E-state index in [1.54, 1.807) is 17.5 Å². The number of thiazole rings is 1. The summed E-state index contributed by atoms with van der Waals surface area (Å²) >= 11 is 1.60. The van der Waals surface area contributed by atoms with Gasteiger partial charge in [0.15, 0.2) is 0 Å². The Balaban J connectivity index is 1.55. The van der Waals surface area contributed by atoms with Gasteiger partial charge in [0.25, 0.3) is 0 Å². The molecule has 3 aromatic heterocycles. The van der Waals surface area contributed by atoms with E-state index in [1.807, 2.05) is 41.3 Å². The quantitative estimate of drug-likeness (QED) is 0.787. The summed E-state index contributed by atoms with van der Waals surface area (Å²) in [6.07, 6.45) is 4.93. The van der Waals surface area contributed by atoms with E-state index >= 15 is 0 Å². The third-order valence-corrected chi connectivity index (χ3v) is 4.40. The fourth-order valence-corrected chi connectivity index (χ4v) is 2.98. The highest BCUT2D eigenvalue weighted by atomic mass is 32.1. The zero-order valence-electron chi connectivity index (χ0n) is 11.7. The van der Waals surface area contributed by atoms with Crippen LogP contribution in [0, 0.1) is 6.92 Å². The minimum absolute atomic E-state index is 0.0538. The summed E-state index contributed by atoms with van der Waals surface area (Å²) < 4.78 is 1.81. The lowest BCUT2D eigenvalue weighted by molar-refractivity contribution is -0.121. The predicted octanol–water partition coefficient (Wildman–Crippen LogP) is 2.35. The van der Waals surface area contributed by atoms with Crippen LogP contribution in [0.15, 0.2) is 36.1 Å². The number of carbonyl (C=O) groups is 1. The Morgan fingerprint density at radius 3 is 3.14 bits per heavy atom. The van der Waals surface area contributed by atoms with Crippen molar-refractivity contribution >= 4 is 22.8 Å². The van der Waals surface area contributed by atoms with Crippen LogP contribution in [0.1, 0.15) is 22.6 Å². The van der Waals surface area contributed by atoms with Crippen LogP contribution in [0.3, 0.4) is 0 Å². The SMILES string of the molecule is Cc1ncsc1CCC(=O)NCc1cnn2ccccc12. The normalized spacial score (nSPS) is 10.9. The van der Waals surface area contributed by atoms with E-state index in [1.165, 1.54) is 4.88 Å². The number of hydrogen-bond donors (Lipinski definition) is 1. The maximum Gasteiger partial charge on any atom is 0.220 e. The summed E-state index contributed by atoms with van der Waals surface area (Å²) in [7, 11) is 0. The summed E-state index contributed by atoms with van der Waals surface area (Å²) in [5.41, 5.74) is 4.89. The van der Waals surface area contributed by atoms with Crippen molar-refractivity contribution in [1.29, 1.82) is 0 Å². The van der Waals surface area contributed by atoms with Crippen LogP contribution < -0.4 is 5.32 Å². The van der Waals surface area contributed by atoms with E-state index < -0.39 is 0 Å². The van der Waals surface area contributed by atoms with Crippen molar-refractivity contribution in [2.45, 2.75) is 26.3 Å². The Hall–Kier alpha value is -2.21. The molecule has 0 fully saturated rings. The number of pyridine rings is 1. The molecule has 0 saturated heterocycles. The van der Waals surface area contributed by atoms with Crippen molar-refractivity contribution in [3.63, 3.8) is 0 Å². The van der Waals surface area contributed by atoms with E-state index in [-0.39, 0.29) is 5.91 Å². The molecule has 0 radical (unpaired) electrons. The largest absolute Gasteiger partial charge is 0.352 e. The van der Waals surface area contributed by atoms with Crippen LogP contribution in [0.25, 0.3) is 5.52 Å². The number of aromatic nitrogens is 3. The van der Waals surface area contributed by atoms with Crippen LogP contribution in [-0.4, -0.2) is 20.5 Å². The molecule has 1 amide bonds. The Bertz CT molecular complexity index is 762. The molecule has 0 saturated carbocycles. The van der Waals surface area contributed by atoms with Gasteiger partial charge in [0.05, 0.1) is 22.9 Å². The molecule has 0 atom stereocenters. The molecular formula is C15H16N4OS. The summed E-state index contributed by atoms with van der Waals surface area (Å²) in [6, 6.07) is 5.89. The first-order valence-corrected chi connectivity index (χ1v) is 7.69. The van der Waals surface area contributed by atoms with Crippen molar-refractivity contribution in [3.8, 4) is 0 Å². The fourth-order valence-electron chi connectivity index (χ4n) is 2.20. The van der Waals surface area contributed by atoms with Gasteiger partial charge in [-0.3, -0.25) is 4.79 Å². The lowest BCUT2D eigenvalue weighted by Gasteiger charge is -2.04. The summed E-state index contributed by atoms with van der Waals surface area (Å²) in [4.78, 5) is 17.3. The molecule has 108 valence electrons. The number of nitrogens with zero attached hydrogens (tertiary/aromatic N) is 3. The van der Waals surface area contributed by atoms with E-state index in [0.29, 0.717) is 13.0 Å². The Morgan fingerprint density at radius 2 is 2.33 bits per heavy atom. The molecule has 3 heterocycles. The van der Waals surface area contributed by atoms with Crippen molar-refractivity contribution < 1.29 is 4.79 Å². The molecule has 6 heteroatoms. The van der Waals surface area contributed by atoms with Crippen molar-refractivity contribution in [2.75, 3.05) is 0 Å². The molecule has 3 aromatic rings. The topological polar surface area (TPSA) is 59.3 Å². The number of amides is 1. The minimum atomic E-state index is 0.0538. The molecular weight excluding hydrogens is 284 g/mol. The second-order valence-corrected chi connectivity index (χ2v) is 5.78. The Morgan fingerprint density at radius 1 is 1.43 bits per heavy atom. The van der Waals surface area contributed by atoms with Gasteiger partial charge in [0, 0.05) is 29.6 Å². The number of nitrogens with one attached hydrogen (secondary N) is 1. The van der Waals surface area contributed by atoms with Crippen LogP contribution in [0.5, 0.6) is 0 Å². The van der Waals surface area contributed by atoms with E-state index in [0.717, 1.165) is 23.2 Å². The number of rotatable bonds is 5. The third-order valence-electron chi connectivity index (χ3n) is 3.41. The smallest absolute Gasteiger partial charge is 0.220 e. The first-order valence-electron chi connectivity index (χ1n) is 6.81. The molecule has 0 bridgehead atoms. The average Bonchev–Trinajstić information content (AvgIpc) is 3.09. The van der Waals surface area contributed by atoms with Gasteiger partial charge in [0.2, 0.25) is 5.91 Å². The minimum Gasteiger partial charge on any atom is -0.352 e. The van der Waals surface area contributed by atoms with Crippen molar-refractivity contribution in [2.24, 2.45) is 0 Å². The highest BCUT2D eigenvalue weighted by Gasteiger charge is 2.08. The van der Waals surface area contributed by atoms with Crippen LogP contribution in [0.4, 0.5) is 0 Å². The first-order chi connectivity index (χ1) is 10.2. The Labute approximate surface area is 126 Å². The maximum absolute atomic E-state index is 11.9. The zero-order valence-corrected chi connectivity index (χ0v) is 12.6. The highest BCUT2D eigenvalue weighted by Crippen LogP contribution is 2.14. The van der Waals surface area contributed by atoms with Gasteiger partial charge in [0.1, 0.15) is 0 Å². The zero-order chi connectivity index (χ0) is 14.7. The van der Waals surface area contributed by atoms with E-state index in [2.05, 4.69) is 15.4 Å². The predicted molar refractivity (Wildman–Crippen MR) is 82.2 cm³/mol. The molecule has 0 aliphatic rings. The molecule has 0 unspecified atom stereocenters. The monoisotopic (exact) mass is 300 g/mol. The van der Waals surface area contributed by atoms with Crippen molar-refractivity contribution in [1.82, 2.24) is 19.9 Å². The molecule has 3 rings (SSSR count). The van der Waals surface area contributed by atoms with E-state index in [4.69, 9.17) is 0 Å². The second-order valence-electron chi connectivity index (χ2n) is 4.84. The van der Waals surface area contributed by atoms with Gasteiger partial charge in [-0.15, -0.1) is 11.3 Å². The number of aryl methyl sites for hydroxylation is 2. The second kappa shape index (κ2) is 6.05. The van der Waals surface area contributed by atoms with Crippen LogP contribution >= 0.6 is 11.3 Å². The highest BCUT2D eigenvalue weighted by molar-refractivity contribution is 7.09. The lowest BCUT2D eigenvalue weighted by atomic mass is 10.2. The standard InChI is InChI=1S/C15H16N4OS/c1-11-14(21-10-17-11)5-6-15(20)16-8-12-9-18-19-7-3-2-4-13(12)19/h2-4,7,9-10H,5-6,8H2,1H3,(H,16,20). The molecule has 0 spiro atoms. The van der Waals surface area contributed by atoms with Gasteiger partial charge in [-0.2, -0.15) is 5.10 Å². The fraction of sp³-hybridized carbons (Fsp3) is 0.267. The van der Waals surface area contributed by atoms with Gasteiger partial charge in [-0.25, -0.2) is 9.50 Å². The van der Waals surface area contributed by atoms with Crippen LogP contribution in [0.2, 0.25) is 0 Å². The molecule has 0 aromatic carbocycles. The van der Waals surface area contributed by atoms with E-state index in [9.17, 15) is 4.79 Å². The van der Waals surface area contributed by atoms with Gasteiger partial charge < -0.3 is 5.32 Å².